The summed E-state index contributed by atoms with van der Waals surface area (Å²) >= 11 is 0. The molecule has 0 unspecified atom stereocenters. The number of hydrogen-bond acceptors (Lipinski definition) is 3. The second kappa shape index (κ2) is 9.59. The second-order valence-corrected chi connectivity index (χ2v) is 6.37. The maximum absolute atomic E-state index is 13.2. The first-order valence-electron chi connectivity index (χ1n) is 8.98. The lowest BCUT2D eigenvalue weighted by Crippen LogP contribution is -2.42. The van der Waals surface area contributed by atoms with Gasteiger partial charge in [0, 0.05) is 32.0 Å². The van der Waals surface area contributed by atoms with Crippen LogP contribution in [0.2, 0.25) is 0 Å². The van der Waals surface area contributed by atoms with Gasteiger partial charge in [-0.25, -0.2) is 4.79 Å². The van der Waals surface area contributed by atoms with Crippen LogP contribution in [0.3, 0.4) is 0 Å². The molecule has 0 fully saturated rings. The quantitative estimate of drug-likeness (QED) is 0.735. The van der Waals surface area contributed by atoms with Crippen LogP contribution in [0.15, 0.2) is 36.7 Å². The standard InChI is InChI=1S/C19H25F3N4O2/c1-4-26-13-15(11-23-26)12-25(9-10-28-3)18(27)24-14(2)16-7-5-6-8-17(16)19(20,21)22/h5-8,11,13-14H,4,9-10,12H2,1-3H3,(H,24,27)/t14-/m1/s1. The van der Waals surface area contributed by atoms with E-state index in [0.717, 1.165) is 11.6 Å². The van der Waals surface area contributed by atoms with Gasteiger partial charge in [-0.3, -0.25) is 4.68 Å². The van der Waals surface area contributed by atoms with Crippen LogP contribution in [0.4, 0.5) is 18.0 Å². The van der Waals surface area contributed by atoms with E-state index in [1.54, 1.807) is 10.9 Å². The van der Waals surface area contributed by atoms with Crippen molar-refractivity contribution < 1.29 is 22.7 Å². The summed E-state index contributed by atoms with van der Waals surface area (Å²) in [5.74, 6) is 0. The highest BCUT2D eigenvalue weighted by Gasteiger charge is 2.34. The van der Waals surface area contributed by atoms with Gasteiger partial charge in [-0.05, 0) is 25.5 Å². The molecule has 0 bridgehead atoms. The van der Waals surface area contributed by atoms with Gasteiger partial charge in [0.05, 0.1) is 31.0 Å². The molecule has 0 aliphatic rings. The molecule has 0 aliphatic carbocycles. The van der Waals surface area contributed by atoms with Crippen molar-refractivity contribution in [3.63, 3.8) is 0 Å². The van der Waals surface area contributed by atoms with Gasteiger partial charge in [0.15, 0.2) is 0 Å². The second-order valence-electron chi connectivity index (χ2n) is 6.37. The SMILES string of the molecule is CCn1cc(CN(CCOC)C(=O)N[C@H](C)c2ccccc2C(F)(F)F)cn1. The summed E-state index contributed by atoms with van der Waals surface area (Å²) in [6.45, 7) is 5.08. The fourth-order valence-electron chi connectivity index (χ4n) is 2.82. The Morgan fingerprint density at radius 1 is 1.36 bits per heavy atom. The Kier molecular flexibility index (Phi) is 7.45. The first-order valence-corrected chi connectivity index (χ1v) is 8.98. The molecule has 0 saturated heterocycles. The number of nitrogens with one attached hydrogen (secondary N) is 1. The van der Waals surface area contributed by atoms with E-state index in [9.17, 15) is 18.0 Å². The van der Waals surface area contributed by atoms with E-state index >= 15 is 0 Å². The van der Waals surface area contributed by atoms with Crippen LogP contribution in [0.5, 0.6) is 0 Å². The minimum atomic E-state index is -4.49. The number of methoxy groups -OCH3 is 1. The molecule has 1 aromatic heterocycles. The van der Waals surface area contributed by atoms with Crippen LogP contribution in [0, 0.1) is 0 Å². The number of amides is 2. The number of urea groups is 1. The van der Waals surface area contributed by atoms with Crippen LogP contribution in [-0.2, 0) is 24.0 Å². The van der Waals surface area contributed by atoms with Crippen LogP contribution in [0.1, 0.15) is 36.6 Å². The zero-order valence-electron chi connectivity index (χ0n) is 16.2. The Hall–Kier alpha value is -2.55. The molecular weight excluding hydrogens is 373 g/mol. The molecule has 1 atom stereocenters. The topological polar surface area (TPSA) is 59.4 Å². The molecule has 0 spiro atoms. The van der Waals surface area contributed by atoms with Gasteiger partial charge in [-0.15, -0.1) is 0 Å². The normalized spacial score (nSPS) is 12.6. The Bertz CT molecular complexity index is 777. The number of carbonyl (C=O) groups excluding carboxylic acids is 1. The minimum absolute atomic E-state index is 0.0221. The summed E-state index contributed by atoms with van der Waals surface area (Å²) in [4.78, 5) is 14.2. The molecule has 1 heterocycles. The van der Waals surface area contributed by atoms with Gasteiger partial charge < -0.3 is 15.0 Å². The monoisotopic (exact) mass is 398 g/mol. The smallest absolute Gasteiger partial charge is 0.383 e. The van der Waals surface area contributed by atoms with Crippen molar-refractivity contribution in [2.24, 2.45) is 0 Å². The zero-order valence-corrected chi connectivity index (χ0v) is 16.2. The summed E-state index contributed by atoms with van der Waals surface area (Å²) in [5.41, 5.74) is 0.0979. The van der Waals surface area contributed by atoms with Crippen molar-refractivity contribution in [1.29, 1.82) is 0 Å². The molecule has 1 aromatic carbocycles. The van der Waals surface area contributed by atoms with Gasteiger partial charge in [-0.1, -0.05) is 18.2 Å². The number of nitrogens with zero attached hydrogens (tertiary/aromatic N) is 3. The third-order valence-corrected chi connectivity index (χ3v) is 4.31. The number of aromatic nitrogens is 2. The third kappa shape index (κ3) is 5.72. The average Bonchev–Trinajstić information content (AvgIpc) is 3.12. The van der Waals surface area contributed by atoms with Crippen molar-refractivity contribution in [3.8, 4) is 0 Å². The lowest BCUT2D eigenvalue weighted by molar-refractivity contribution is -0.138. The number of ether oxygens (including phenoxy) is 1. The molecule has 2 rings (SSSR count). The van der Waals surface area contributed by atoms with Crippen molar-refractivity contribution in [2.75, 3.05) is 20.3 Å². The lowest BCUT2D eigenvalue weighted by Gasteiger charge is -2.26. The predicted molar refractivity (Wildman–Crippen MR) is 98.6 cm³/mol. The Balaban J connectivity index is 2.14. The highest BCUT2D eigenvalue weighted by atomic mass is 19.4. The number of carbonyl (C=O) groups is 1. The molecule has 2 aromatic rings. The maximum atomic E-state index is 13.2. The number of halogens is 3. The maximum Gasteiger partial charge on any atom is 0.416 e. The third-order valence-electron chi connectivity index (χ3n) is 4.31. The predicted octanol–water partition coefficient (Wildman–Crippen LogP) is 3.84. The van der Waals surface area contributed by atoms with E-state index in [1.807, 2.05) is 13.1 Å². The summed E-state index contributed by atoms with van der Waals surface area (Å²) in [6.07, 6.45) is -0.992. The van der Waals surface area contributed by atoms with Gasteiger partial charge in [0.2, 0.25) is 0 Å². The molecule has 6 nitrogen and oxygen atoms in total. The van der Waals surface area contributed by atoms with E-state index in [0.29, 0.717) is 19.7 Å². The first-order chi connectivity index (χ1) is 13.3. The van der Waals surface area contributed by atoms with Crippen LogP contribution < -0.4 is 5.32 Å². The van der Waals surface area contributed by atoms with E-state index in [4.69, 9.17) is 4.74 Å². The number of rotatable bonds is 8. The zero-order chi connectivity index (χ0) is 20.7. The largest absolute Gasteiger partial charge is 0.416 e. The van der Waals surface area contributed by atoms with Gasteiger partial charge in [0.1, 0.15) is 0 Å². The van der Waals surface area contributed by atoms with E-state index in [2.05, 4.69) is 10.4 Å². The molecule has 0 radical (unpaired) electrons. The van der Waals surface area contributed by atoms with E-state index < -0.39 is 23.8 Å². The van der Waals surface area contributed by atoms with Gasteiger partial charge >= 0.3 is 12.2 Å². The lowest BCUT2D eigenvalue weighted by atomic mass is 10.0. The van der Waals surface area contributed by atoms with Gasteiger partial charge in [-0.2, -0.15) is 18.3 Å². The molecule has 28 heavy (non-hydrogen) atoms. The summed E-state index contributed by atoms with van der Waals surface area (Å²) in [5, 5.41) is 6.84. The van der Waals surface area contributed by atoms with Crippen LogP contribution in [-0.4, -0.2) is 41.0 Å². The summed E-state index contributed by atoms with van der Waals surface area (Å²) in [6, 6.07) is 3.96. The Morgan fingerprint density at radius 2 is 2.07 bits per heavy atom. The van der Waals surface area contributed by atoms with Crippen molar-refractivity contribution in [2.45, 2.75) is 39.2 Å². The first kappa shape index (κ1) is 21.7. The molecule has 154 valence electrons. The number of benzene rings is 1. The molecular formula is C19H25F3N4O2. The number of hydrogen-bond donors (Lipinski definition) is 1. The summed E-state index contributed by atoms with van der Waals surface area (Å²) in [7, 11) is 1.52. The molecule has 2 amide bonds. The molecule has 0 aliphatic heterocycles. The van der Waals surface area contributed by atoms with Crippen LogP contribution >= 0.6 is 0 Å². The van der Waals surface area contributed by atoms with E-state index in [-0.39, 0.29) is 12.1 Å². The summed E-state index contributed by atoms with van der Waals surface area (Å²) < 4.78 is 46.5. The Labute approximate surface area is 162 Å². The number of alkyl halides is 3. The van der Waals surface area contributed by atoms with Crippen molar-refractivity contribution in [1.82, 2.24) is 20.0 Å². The molecule has 1 N–H and O–H groups in total. The minimum Gasteiger partial charge on any atom is -0.383 e. The van der Waals surface area contributed by atoms with Gasteiger partial charge in [0.25, 0.3) is 0 Å². The average molecular weight is 398 g/mol. The van der Waals surface area contributed by atoms with E-state index in [1.165, 1.54) is 37.1 Å². The highest BCUT2D eigenvalue weighted by molar-refractivity contribution is 5.74. The fourth-order valence-corrected chi connectivity index (χ4v) is 2.82. The molecule has 0 saturated carbocycles. The molecule has 9 heteroatoms. The van der Waals surface area contributed by atoms with Crippen molar-refractivity contribution >= 4 is 6.03 Å². The van der Waals surface area contributed by atoms with Crippen molar-refractivity contribution in [3.05, 3.63) is 53.3 Å². The number of aryl methyl sites for hydroxylation is 1. The fraction of sp³-hybridized carbons (Fsp3) is 0.474. The van der Waals surface area contributed by atoms with Crippen LogP contribution in [0.25, 0.3) is 0 Å². The highest BCUT2D eigenvalue weighted by Crippen LogP contribution is 2.34. The Morgan fingerprint density at radius 3 is 2.68 bits per heavy atom.